The summed E-state index contributed by atoms with van der Waals surface area (Å²) in [4.78, 5) is 2.13. The quantitative estimate of drug-likeness (QED) is 0.590. The monoisotopic (exact) mass is 150 g/mol. The molecule has 0 aliphatic carbocycles. The molecule has 1 aliphatic heterocycles. The summed E-state index contributed by atoms with van der Waals surface area (Å²) in [7, 11) is 2.03. The van der Waals surface area contributed by atoms with Gasteiger partial charge < -0.3 is 10.2 Å². The second kappa shape index (κ2) is 2.08. The summed E-state index contributed by atoms with van der Waals surface area (Å²) in [6.45, 7) is 2.08. The van der Waals surface area contributed by atoms with Crippen LogP contribution in [0.1, 0.15) is 6.92 Å². The van der Waals surface area contributed by atoms with Crippen molar-refractivity contribution in [2.75, 3.05) is 17.3 Å². The van der Waals surface area contributed by atoms with E-state index in [0.717, 1.165) is 11.5 Å². The first-order valence-corrected chi connectivity index (χ1v) is 3.60. The van der Waals surface area contributed by atoms with Gasteiger partial charge in [0.15, 0.2) is 5.82 Å². The van der Waals surface area contributed by atoms with Gasteiger partial charge in [-0.2, -0.15) is 5.10 Å². The van der Waals surface area contributed by atoms with Crippen LogP contribution < -0.4 is 10.2 Å². The van der Waals surface area contributed by atoms with Crippen LogP contribution in [0.3, 0.4) is 0 Å². The fourth-order valence-electron chi connectivity index (χ4n) is 1.22. The number of aromatic nitrogens is 2. The fourth-order valence-corrected chi connectivity index (χ4v) is 1.22. The van der Waals surface area contributed by atoms with Crippen LogP contribution in [-0.4, -0.2) is 23.4 Å². The van der Waals surface area contributed by atoms with Crippen LogP contribution in [-0.2, 0) is 0 Å². The van der Waals surface area contributed by atoms with Crippen molar-refractivity contribution in [3.8, 4) is 0 Å². The molecular weight excluding hydrogens is 140 g/mol. The van der Waals surface area contributed by atoms with E-state index in [1.165, 1.54) is 0 Å². The molecule has 0 bridgehead atoms. The molecule has 1 aromatic rings. The zero-order valence-electron chi connectivity index (χ0n) is 6.57. The maximum atomic E-state index is 3.96. The van der Waals surface area contributed by atoms with Gasteiger partial charge >= 0.3 is 0 Å². The molecule has 11 heavy (non-hydrogen) atoms. The summed E-state index contributed by atoms with van der Waals surface area (Å²) in [5.41, 5.74) is 1.12. The van der Waals surface area contributed by atoms with Crippen molar-refractivity contribution in [3.05, 3.63) is 12.3 Å². The molecule has 1 atom stereocenters. The maximum absolute atomic E-state index is 3.96. The minimum absolute atomic E-state index is 0.321. The standard InChI is InChI=1S/C7H10N4/c1-5-9-7-6(11(5)2)3-4-8-10-7/h3-5H,1-2H3,(H,9,10). The normalized spacial score (nSPS) is 21.3. The number of nitrogens with one attached hydrogen (secondary N) is 1. The molecule has 0 saturated heterocycles. The van der Waals surface area contributed by atoms with Gasteiger partial charge in [0, 0.05) is 7.05 Å². The Labute approximate surface area is 65.2 Å². The zero-order valence-corrected chi connectivity index (χ0v) is 6.57. The highest BCUT2D eigenvalue weighted by Gasteiger charge is 2.22. The molecule has 4 nitrogen and oxygen atoms in total. The van der Waals surface area contributed by atoms with Crippen molar-refractivity contribution in [1.82, 2.24) is 10.2 Å². The van der Waals surface area contributed by atoms with E-state index in [0.29, 0.717) is 6.17 Å². The lowest BCUT2D eigenvalue weighted by Crippen LogP contribution is -2.28. The SMILES string of the molecule is CC1Nc2nnccc2N1C. The molecule has 2 rings (SSSR count). The van der Waals surface area contributed by atoms with Crippen molar-refractivity contribution in [2.45, 2.75) is 13.1 Å². The lowest BCUT2D eigenvalue weighted by atomic mass is 10.4. The van der Waals surface area contributed by atoms with E-state index in [-0.39, 0.29) is 0 Å². The molecule has 1 aromatic heterocycles. The molecule has 0 spiro atoms. The van der Waals surface area contributed by atoms with E-state index in [1.807, 2.05) is 13.1 Å². The van der Waals surface area contributed by atoms with Gasteiger partial charge in [0.2, 0.25) is 0 Å². The van der Waals surface area contributed by atoms with Gasteiger partial charge in [-0.3, -0.25) is 0 Å². The van der Waals surface area contributed by atoms with Gasteiger partial charge in [0.05, 0.1) is 18.1 Å². The highest BCUT2D eigenvalue weighted by atomic mass is 15.4. The lowest BCUT2D eigenvalue weighted by Gasteiger charge is -2.16. The maximum Gasteiger partial charge on any atom is 0.173 e. The Hall–Kier alpha value is -1.32. The van der Waals surface area contributed by atoms with Gasteiger partial charge in [-0.25, -0.2) is 0 Å². The third-order valence-corrected chi connectivity index (χ3v) is 2.01. The third-order valence-electron chi connectivity index (χ3n) is 2.01. The second-order valence-corrected chi connectivity index (χ2v) is 2.70. The van der Waals surface area contributed by atoms with Crippen molar-refractivity contribution < 1.29 is 0 Å². The number of hydrogen-bond acceptors (Lipinski definition) is 4. The first kappa shape index (κ1) is 6.39. The molecular formula is C7H10N4. The van der Waals surface area contributed by atoms with Gasteiger partial charge in [-0.05, 0) is 13.0 Å². The molecule has 0 fully saturated rings. The number of anilines is 2. The van der Waals surface area contributed by atoms with E-state index < -0.39 is 0 Å². The van der Waals surface area contributed by atoms with Crippen LogP contribution in [0.25, 0.3) is 0 Å². The lowest BCUT2D eigenvalue weighted by molar-refractivity contribution is 0.805. The zero-order chi connectivity index (χ0) is 7.84. The van der Waals surface area contributed by atoms with Crippen LogP contribution in [0.2, 0.25) is 0 Å². The summed E-state index contributed by atoms with van der Waals surface area (Å²) < 4.78 is 0. The Bertz CT molecular complexity index is 273. The average Bonchev–Trinajstić information content (AvgIpc) is 2.30. The molecule has 58 valence electrons. The molecule has 0 saturated carbocycles. The van der Waals surface area contributed by atoms with Gasteiger partial charge in [0.1, 0.15) is 0 Å². The molecule has 1 N–H and O–H groups in total. The fraction of sp³-hybridized carbons (Fsp3) is 0.429. The Morgan fingerprint density at radius 3 is 3.18 bits per heavy atom. The van der Waals surface area contributed by atoms with E-state index in [9.17, 15) is 0 Å². The summed E-state index contributed by atoms with van der Waals surface area (Å²) in [6, 6.07) is 1.96. The van der Waals surface area contributed by atoms with E-state index in [2.05, 4.69) is 27.3 Å². The molecule has 0 radical (unpaired) electrons. The largest absolute Gasteiger partial charge is 0.352 e. The molecule has 1 aliphatic rings. The van der Waals surface area contributed by atoms with Crippen LogP contribution in [0, 0.1) is 0 Å². The molecule has 0 amide bonds. The van der Waals surface area contributed by atoms with Gasteiger partial charge in [-0.15, -0.1) is 5.10 Å². The first-order valence-electron chi connectivity index (χ1n) is 3.60. The van der Waals surface area contributed by atoms with Crippen molar-refractivity contribution in [3.63, 3.8) is 0 Å². The predicted molar refractivity (Wildman–Crippen MR) is 43.5 cm³/mol. The molecule has 1 unspecified atom stereocenters. The highest BCUT2D eigenvalue weighted by molar-refractivity contribution is 5.70. The van der Waals surface area contributed by atoms with E-state index >= 15 is 0 Å². The highest BCUT2D eigenvalue weighted by Crippen LogP contribution is 2.29. The van der Waals surface area contributed by atoms with Gasteiger partial charge in [-0.1, -0.05) is 0 Å². The molecule has 0 aromatic carbocycles. The Balaban J connectivity index is 2.47. The second-order valence-electron chi connectivity index (χ2n) is 2.70. The molecule has 2 heterocycles. The van der Waals surface area contributed by atoms with Crippen LogP contribution >= 0.6 is 0 Å². The van der Waals surface area contributed by atoms with Crippen LogP contribution in [0.15, 0.2) is 12.3 Å². The minimum Gasteiger partial charge on any atom is -0.352 e. The summed E-state index contributed by atoms with van der Waals surface area (Å²) in [6.07, 6.45) is 2.02. The smallest absolute Gasteiger partial charge is 0.173 e. The van der Waals surface area contributed by atoms with Gasteiger partial charge in [0.25, 0.3) is 0 Å². The summed E-state index contributed by atoms with van der Waals surface area (Å²) in [5.74, 6) is 0.877. The summed E-state index contributed by atoms with van der Waals surface area (Å²) in [5, 5.41) is 10.9. The first-order chi connectivity index (χ1) is 5.29. The third kappa shape index (κ3) is 0.824. The Kier molecular flexibility index (Phi) is 1.21. The minimum atomic E-state index is 0.321. The predicted octanol–water partition coefficient (Wildman–Crippen LogP) is 0.684. The number of nitrogens with zero attached hydrogens (tertiary/aromatic N) is 3. The topological polar surface area (TPSA) is 41.1 Å². The van der Waals surface area contributed by atoms with E-state index in [4.69, 9.17) is 0 Å². The number of fused-ring (bicyclic) bond motifs is 1. The van der Waals surface area contributed by atoms with Crippen LogP contribution in [0.4, 0.5) is 11.5 Å². The van der Waals surface area contributed by atoms with E-state index in [1.54, 1.807) is 6.20 Å². The Morgan fingerprint density at radius 2 is 2.45 bits per heavy atom. The summed E-state index contributed by atoms with van der Waals surface area (Å²) >= 11 is 0. The number of rotatable bonds is 0. The van der Waals surface area contributed by atoms with Crippen molar-refractivity contribution in [2.24, 2.45) is 0 Å². The number of hydrogen-bond donors (Lipinski definition) is 1. The Morgan fingerprint density at radius 1 is 1.64 bits per heavy atom. The van der Waals surface area contributed by atoms with Crippen molar-refractivity contribution >= 4 is 11.5 Å². The van der Waals surface area contributed by atoms with Crippen LogP contribution in [0.5, 0.6) is 0 Å². The average molecular weight is 150 g/mol. The molecule has 4 heteroatoms. The van der Waals surface area contributed by atoms with Crippen molar-refractivity contribution in [1.29, 1.82) is 0 Å².